The molecular formula is C21H31F7Gd2O4. The van der Waals surface area contributed by atoms with E-state index in [4.69, 9.17) is 5.11 Å². The van der Waals surface area contributed by atoms with Crippen molar-refractivity contribution >= 4 is 11.6 Å². The molecule has 0 fully saturated rings. The number of aliphatic hydroxyl groups excluding tert-OH is 2. The van der Waals surface area contributed by atoms with Crippen LogP contribution in [0, 0.1) is 96.1 Å². The van der Waals surface area contributed by atoms with Crippen LogP contribution in [-0.2, 0) is 9.59 Å². The van der Waals surface area contributed by atoms with Gasteiger partial charge in [0, 0.05) is 108 Å². The summed E-state index contributed by atoms with van der Waals surface area (Å²) in [6.45, 7) is 14.8. The molecule has 34 heavy (non-hydrogen) atoms. The Balaban J connectivity index is -0.000000266. The molecule has 0 bridgehead atoms. The number of hydrogen-bond donors (Lipinski definition) is 2. The SMILES string of the molecule is CC(C)(C)C(=O)C=C(O)C(C)(C)C.CC(C)(C)C(O)=CC(=O)C(F)(F)C(F)(F)C(F)(F)F.[Gd].[Gd]. The molecule has 4 nitrogen and oxygen atoms in total. The molecule has 0 amide bonds. The molecule has 2 N–H and O–H groups in total. The van der Waals surface area contributed by atoms with Gasteiger partial charge >= 0.3 is 18.0 Å². The minimum atomic E-state index is -6.59. The van der Waals surface area contributed by atoms with Crippen molar-refractivity contribution in [3.05, 3.63) is 23.7 Å². The van der Waals surface area contributed by atoms with Crippen LogP contribution in [0.3, 0.4) is 0 Å². The van der Waals surface area contributed by atoms with Gasteiger partial charge < -0.3 is 10.2 Å². The Morgan fingerprint density at radius 3 is 1.03 bits per heavy atom. The fraction of sp³-hybridized carbons (Fsp3) is 0.714. The third-order valence-corrected chi connectivity index (χ3v) is 3.87. The Kier molecular flexibility index (Phi) is 17.1. The molecule has 0 aromatic rings. The predicted octanol–water partition coefficient (Wildman–Crippen LogP) is 6.97. The molecular weight excluding hydrogens is 764 g/mol. The van der Waals surface area contributed by atoms with Gasteiger partial charge in [-0.05, 0) is 0 Å². The fourth-order valence-corrected chi connectivity index (χ4v) is 1.32. The predicted molar refractivity (Wildman–Crippen MR) is 106 cm³/mol. The van der Waals surface area contributed by atoms with E-state index in [2.05, 4.69) is 0 Å². The number of aliphatic hydroxyl groups is 2. The van der Waals surface area contributed by atoms with Gasteiger partial charge in [0.05, 0.1) is 0 Å². The van der Waals surface area contributed by atoms with Crippen LogP contribution in [0.15, 0.2) is 23.7 Å². The molecule has 0 radical (unpaired) electrons. The Labute approximate surface area is 259 Å². The van der Waals surface area contributed by atoms with Crippen molar-refractivity contribution in [3.8, 4) is 0 Å². The second-order valence-electron chi connectivity index (χ2n) is 10.2. The standard InChI is InChI=1S/C11H20O2.C10H11F7O2.2Gd/c1-10(2,3)8(12)7-9(13)11(4,5)6;1-7(2,3)5(18)4-6(19)8(11,12)9(13,14)10(15,16)17;;/h7,12H,1-6H3;4,18H,1-3H3;;. The van der Waals surface area contributed by atoms with Crippen LogP contribution in [0.2, 0.25) is 0 Å². The number of allylic oxidation sites excluding steroid dienone is 4. The van der Waals surface area contributed by atoms with Gasteiger partial charge in [0.15, 0.2) is 5.78 Å². The zero-order chi connectivity index (χ0) is 26.7. The maximum absolute atomic E-state index is 12.9. The van der Waals surface area contributed by atoms with E-state index >= 15 is 0 Å². The zero-order valence-electron chi connectivity index (χ0n) is 20.2. The van der Waals surface area contributed by atoms with Gasteiger partial charge in [-0.1, -0.05) is 62.3 Å². The van der Waals surface area contributed by atoms with Crippen LogP contribution in [0.4, 0.5) is 30.7 Å². The Morgan fingerprint density at radius 2 is 0.824 bits per heavy atom. The van der Waals surface area contributed by atoms with E-state index < -0.39 is 40.4 Å². The molecule has 0 aromatic heterocycles. The monoisotopic (exact) mass is 796 g/mol. The Bertz CT molecular complexity index is 753. The largest absolute Gasteiger partial charge is 0.512 e. The topological polar surface area (TPSA) is 74.6 Å². The maximum atomic E-state index is 12.9. The molecule has 0 spiro atoms. The molecule has 0 aliphatic rings. The van der Waals surface area contributed by atoms with Crippen molar-refractivity contribution in [2.24, 2.45) is 16.2 Å². The number of halogens is 7. The minimum Gasteiger partial charge on any atom is -0.512 e. The van der Waals surface area contributed by atoms with Crippen molar-refractivity contribution < 1.29 is 130 Å². The number of alkyl halides is 7. The van der Waals surface area contributed by atoms with Gasteiger partial charge in [-0.15, -0.1) is 0 Å². The van der Waals surface area contributed by atoms with E-state index in [1.165, 1.54) is 26.8 Å². The first-order chi connectivity index (χ1) is 13.6. The normalized spacial score (nSPS) is 14.2. The molecule has 0 aliphatic heterocycles. The quantitative estimate of drug-likeness (QED) is 0.184. The third kappa shape index (κ3) is 12.7. The number of carbonyl (C=O) groups is 2. The van der Waals surface area contributed by atoms with E-state index in [-0.39, 0.29) is 103 Å². The van der Waals surface area contributed by atoms with Gasteiger partial charge in [0.25, 0.3) is 0 Å². The summed E-state index contributed by atoms with van der Waals surface area (Å²) >= 11 is 0. The molecule has 0 saturated heterocycles. The zero-order valence-corrected chi connectivity index (χ0v) is 24.8. The van der Waals surface area contributed by atoms with Gasteiger partial charge in [-0.2, -0.15) is 30.7 Å². The van der Waals surface area contributed by atoms with Gasteiger partial charge in [-0.3, -0.25) is 9.59 Å². The smallest absolute Gasteiger partial charge is 0.460 e. The summed E-state index contributed by atoms with van der Waals surface area (Å²) in [6.07, 6.45) is -5.57. The molecule has 0 unspecified atom stereocenters. The van der Waals surface area contributed by atoms with E-state index in [0.717, 1.165) is 0 Å². The summed E-state index contributed by atoms with van der Waals surface area (Å²) in [7, 11) is 0. The van der Waals surface area contributed by atoms with E-state index in [0.29, 0.717) is 0 Å². The Morgan fingerprint density at radius 1 is 0.559 bits per heavy atom. The molecule has 204 valence electrons. The average Bonchev–Trinajstić information content (AvgIpc) is 2.51. The minimum absolute atomic E-state index is 0. The summed E-state index contributed by atoms with van der Waals surface area (Å²) in [5.74, 6) is -16.3. The first-order valence-electron chi connectivity index (χ1n) is 9.33. The van der Waals surface area contributed by atoms with Crippen molar-refractivity contribution in [1.29, 1.82) is 0 Å². The summed E-state index contributed by atoms with van der Waals surface area (Å²) in [6, 6.07) is 0. The van der Waals surface area contributed by atoms with Crippen LogP contribution in [0.5, 0.6) is 0 Å². The van der Waals surface area contributed by atoms with Gasteiger partial charge in [-0.25, -0.2) is 0 Å². The van der Waals surface area contributed by atoms with Crippen LogP contribution >= 0.6 is 0 Å². The fourth-order valence-electron chi connectivity index (χ4n) is 1.32. The van der Waals surface area contributed by atoms with Crippen LogP contribution in [-0.4, -0.2) is 39.8 Å². The van der Waals surface area contributed by atoms with E-state index in [1.807, 2.05) is 41.5 Å². The molecule has 0 heterocycles. The summed E-state index contributed by atoms with van der Waals surface area (Å²) < 4.78 is 86.1. The molecule has 0 rings (SSSR count). The Hall–Kier alpha value is 0.579. The first kappa shape index (κ1) is 41.7. The van der Waals surface area contributed by atoms with Crippen molar-refractivity contribution in [2.75, 3.05) is 0 Å². The van der Waals surface area contributed by atoms with Crippen LogP contribution in [0.25, 0.3) is 0 Å². The van der Waals surface area contributed by atoms with Crippen LogP contribution < -0.4 is 0 Å². The summed E-state index contributed by atoms with van der Waals surface area (Å²) in [4.78, 5) is 22.3. The summed E-state index contributed by atoms with van der Waals surface area (Å²) in [5.41, 5.74) is -2.01. The molecule has 0 saturated carbocycles. The van der Waals surface area contributed by atoms with E-state index in [1.54, 1.807) is 0 Å². The maximum Gasteiger partial charge on any atom is 0.460 e. The first-order valence-corrected chi connectivity index (χ1v) is 9.33. The van der Waals surface area contributed by atoms with Crippen LogP contribution in [0.1, 0.15) is 62.3 Å². The number of ketones is 2. The van der Waals surface area contributed by atoms with Gasteiger partial charge in [0.2, 0.25) is 5.78 Å². The van der Waals surface area contributed by atoms with Crippen molar-refractivity contribution in [1.82, 2.24) is 0 Å². The van der Waals surface area contributed by atoms with E-state index in [9.17, 15) is 45.4 Å². The van der Waals surface area contributed by atoms with Crippen molar-refractivity contribution in [3.63, 3.8) is 0 Å². The molecule has 0 aromatic carbocycles. The summed E-state index contributed by atoms with van der Waals surface area (Å²) in [5, 5.41) is 18.7. The third-order valence-electron chi connectivity index (χ3n) is 3.87. The second kappa shape index (κ2) is 13.9. The number of rotatable bonds is 4. The van der Waals surface area contributed by atoms with Crippen molar-refractivity contribution in [2.45, 2.75) is 80.3 Å². The second-order valence-corrected chi connectivity index (χ2v) is 10.2. The number of carbonyl (C=O) groups excluding carboxylic acids is 2. The number of hydrogen-bond acceptors (Lipinski definition) is 4. The molecule has 0 aliphatic carbocycles. The van der Waals surface area contributed by atoms with Gasteiger partial charge in [0.1, 0.15) is 11.5 Å². The molecule has 13 heteroatoms. The molecule has 0 atom stereocenters. The average molecular weight is 795 g/mol.